The molecule has 2 N–H and O–H groups in total. The van der Waals surface area contributed by atoms with E-state index in [0.717, 1.165) is 6.42 Å². The number of carbonyl (C=O) groups excluding carboxylic acids is 2. The third-order valence-corrected chi connectivity index (χ3v) is 3.22. The van der Waals surface area contributed by atoms with Crippen molar-refractivity contribution in [3.8, 4) is 0 Å². The van der Waals surface area contributed by atoms with E-state index >= 15 is 0 Å². The summed E-state index contributed by atoms with van der Waals surface area (Å²) in [4.78, 5) is 22.8. The zero-order chi connectivity index (χ0) is 16.4. The maximum absolute atomic E-state index is 11.4. The zero-order valence-corrected chi connectivity index (χ0v) is 12.9. The van der Waals surface area contributed by atoms with Crippen LogP contribution in [0, 0.1) is 0 Å². The van der Waals surface area contributed by atoms with Crippen LogP contribution >= 0.6 is 0 Å². The van der Waals surface area contributed by atoms with E-state index in [1.165, 1.54) is 37.8 Å². The fourth-order valence-electron chi connectivity index (χ4n) is 2.01. The highest BCUT2D eigenvalue weighted by Crippen LogP contribution is 2.15. The van der Waals surface area contributed by atoms with E-state index in [2.05, 4.69) is 13.0 Å². The number of hydrogen-bond acceptors (Lipinski definition) is 4. The van der Waals surface area contributed by atoms with Gasteiger partial charge in [-0.15, -0.1) is 0 Å². The van der Waals surface area contributed by atoms with Gasteiger partial charge < -0.3 is 5.11 Å². The quantitative estimate of drug-likeness (QED) is 0.180. The van der Waals surface area contributed by atoms with Crippen LogP contribution in [0.1, 0.15) is 39.0 Å². The Morgan fingerprint density at radius 1 is 1.14 bits per heavy atom. The molecular formula is C17H23NO4. The maximum Gasteiger partial charge on any atom is 0.285 e. The Morgan fingerprint density at radius 3 is 2.50 bits per heavy atom. The van der Waals surface area contributed by atoms with Gasteiger partial charge in [-0.3, -0.25) is 14.8 Å². The molecule has 0 spiro atoms. The highest BCUT2D eigenvalue weighted by Gasteiger charge is 2.35. The number of aliphatic hydroxyl groups is 1. The van der Waals surface area contributed by atoms with Crippen molar-refractivity contribution >= 4 is 11.7 Å². The Balaban J connectivity index is 2.42. The Hall–Kier alpha value is -2.14. The molecule has 5 nitrogen and oxygen atoms in total. The fraction of sp³-hybridized carbons (Fsp3) is 0.412. The van der Waals surface area contributed by atoms with Crippen LogP contribution in [-0.2, 0) is 9.59 Å². The standard InChI is InChI=1S/C17H23NO4/c1-2-3-4-5-6-7-8-9-10-11-12-14(19)16-15(20)13-18(22)17(16)21/h7-12,19,22H,2-6,13H2,1H3/b8-7+,10-9+,12-11+,16-14?. The number of allylic oxidation sites excluding steroid dienone is 6. The molecule has 22 heavy (non-hydrogen) atoms. The van der Waals surface area contributed by atoms with Crippen LogP contribution in [0.3, 0.4) is 0 Å². The number of amides is 1. The predicted octanol–water partition coefficient (Wildman–Crippen LogP) is 3.24. The lowest BCUT2D eigenvalue weighted by Gasteiger charge is -2.00. The summed E-state index contributed by atoms with van der Waals surface area (Å²) < 4.78 is 0. The Labute approximate surface area is 130 Å². The molecule has 1 heterocycles. The summed E-state index contributed by atoms with van der Waals surface area (Å²) >= 11 is 0. The van der Waals surface area contributed by atoms with E-state index in [0.29, 0.717) is 5.06 Å². The van der Waals surface area contributed by atoms with Crippen LogP contribution in [-0.4, -0.2) is 33.6 Å². The first-order chi connectivity index (χ1) is 10.6. The van der Waals surface area contributed by atoms with Gasteiger partial charge in [0.1, 0.15) is 17.9 Å². The highest BCUT2D eigenvalue weighted by molar-refractivity contribution is 6.25. The summed E-state index contributed by atoms with van der Waals surface area (Å²) in [5.74, 6) is -1.89. The maximum atomic E-state index is 11.4. The van der Waals surface area contributed by atoms with E-state index in [4.69, 9.17) is 5.21 Å². The molecule has 0 radical (unpaired) electrons. The molecule has 5 heteroatoms. The summed E-state index contributed by atoms with van der Waals surface area (Å²) in [6, 6.07) is 0. The third-order valence-electron chi connectivity index (χ3n) is 3.22. The monoisotopic (exact) mass is 305 g/mol. The molecule has 1 saturated heterocycles. The van der Waals surface area contributed by atoms with E-state index < -0.39 is 24.0 Å². The molecule has 0 bridgehead atoms. The van der Waals surface area contributed by atoms with Gasteiger partial charge in [0.05, 0.1) is 0 Å². The number of rotatable bonds is 8. The molecule has 120 valence electrons. The molecule has 0 aliphatic carbocycles. The van der Waals surface area contributed by atoms with Crippen LogP contribution in [0.4, 0.5) is 0 Å². The largest absolute Gasteiger partial charge is 0.507 e. The second kappa shape index (κ2) is 9.73. The van der Waals surface area contributed by atoms with Gasteiger partial charge in [0, 0.05) is 0 Å². The molecule has 1 rings (SSSR count). The Kier molecular flexibility index (Phi) is 7.92. The molecule has 1 aliphatic rings. The van der Waals surface area contributed by atoms with E-state index in [-0.39, 0.29) is 5.57 Å². The topological polar surface area (TPSA) is 77.8 Å². The summed E-state index contributed by atoms with van der Waals surface area (Å²) in [5.41, 5.74) is -0.376. The Bertz CT molecular complexity index is 515. The summed E-state index contributed by atoms with van der Waals surface area (Å²) in [6.45, 7) is 1.77. The van der Waals surface area contributed by atoms with Gasteiger partial charge in [0.25, 0.3) is 5.91 Å². The van der Waals surface area contributed by atoms with Gasteiger partial charge >= 0.3 is 0 Å². The first kappa shape index (κ1) is 17.9. The van der Waals surface area contributed by atoms with Gasteiger partial charge in [-0.1, -0.05) is 56.6 Å². The second-order valence-corrected chi connectivity index (χ2v) is 5.07. The summed E-state index contributed by atoms with van der Waals surface area (Å²) in [6.07, 6.45) is 16.3. The smallest absolute Gasteiger partial charge is 0.285 e. The average molecular weight is 305 g/mol. The number of nitrogens with zero attached hydrogens (tertiary/aromatic N) is 1. The van der Waals surface area contributed by atoms with Crippen molar-refractivity contribution in [2.75, 3.05) is 6.54 Å². The van der Waals surface area contributed by atoms with Crippen molar-refractivity contribution in [3.05, 3.63) is 47.8 Å². The van der Waals surface area contributed by atoms with Gasteiger partial charge in [0.15, 0.2) is 5.78 Å². The van der Waals surface area contributed by atoms with Crippen molar-refractivity contribution in [2.45, 2.75) is 39.0 Å². The molecule has 0 aromatic carbocycles. The third kappa shape index (κ3) is 5.69. The first-order valence-corrected chi connectivity index (χ1v) is 7.55. The van der Waals surface area contributed by atoms with Crippen LogP contribution in [0.2, 0.25) is 0 Å². The van der Waals surface area contributed by atoms with E-state index in [9.17, 15) is 14.7 Å². The minimum atomic E-state index is -0.872. The number of aliphatic hydroxyl groups excluding tert-OH is 1. The fourth-order valence-corrected chi connectivity index (χ4v) is 2.01. The highest BCUT2D eigenvalue weighted by atomic mass is 16.5. The predicted molar refractivity (Wildman–Crippen MR) is 84.3 cm³/mol. The van der Waals surface area contributed by atoms with Crippen LogP contribution in [0.15, 0.2) is 47.8 Å². The number of Topliss-reactive ketones (excluding diaryl/α,β-unsaturated/α-hetero) is 1. The van der Waals surface area contributed by atoms with Gasteiger partial charge in [0.2, 0.25) is 0 Å². The minimum Gasteiger partial charge on any atom is -0.507 e. The molecule has 0 aromatic heterocycles. The number of hydroxylamine groups is 2. The molecular weight excluding hydrogens is 282 g/mol. The SMILES string of the molecule is CCCCCC/C=C/C=C/C=C/C(O)=C1C(=O)CN(O)C1=O. The van der Waals surface area contributed by atoms with Gasteiger partial charge in [-0.05, 0) is 18.9 Å². The molecule has 1 fully saturated rings. The normalized spacial score (nSPS) is 18.5. The lowest BCUT2D eigenvalue weighted by atomic mass is 10.1. The Morgan fingerprint density at radius 2 is 1.86 bits per heavy atom. The van der Waals surface area contributed by atoms with Crippen molar-refractivity contribution in [1.82, 2.24) is 5.06 Å². The van der Waals surface area contributed by atoms with E-state index in [1.807, 2.05) is 12.2 Å². The number of carbonyl (C=O) groups is 2. The van der Waals surface area contributed by atoms with Crippen molar-refractivity contribution in [1.29, 1.82) is 0 Å². The van der Waals surface area contributed by atoms with Crippen LogP contribution in [0.5, 0.6) is 0 Å². The van der Waals surface area contributed by atoms with Crippen LogP contribution < -0.4 is 0 Å². The molecule has 1 amide bonds. The lowest BCUT2D eigenvalue weighted by molar-refractivity contribution is -0.155. The average Bonchev–Trinajstić information content (AvgIpc) is 2.74. The molecule has 0 aromatic rings. The summed E-state index contributed by atoms with van der Waals surface area (Å²) in [7, 11) is 0. The van der Waals surface area contributed by atoms with Gasteiger partial charge in [-0.2, -0.15) is 0 Å². The number of unbranched alkanes of at least 4 members (excludes halogenated alkanes) is 4. The lowest BCUT2D eigenvalue weighted by Crippen LogP contribution is -2.20. The summed E-state index contributed by atoms with van der Waals surface area (Å²) in [5, 5.41) is 19.1. The van der Waals surface area contributed by atoms with Crippen molar-refractivity contribution in [3.63, 3.8) is 0 Å². The van der Waals surface area contributed by atoms with Gasteiger partial charge in [-0.25, -0.2) is 5.06 Å². The molecule has 0 unspecified atom stereocenters. The second-order valence-electron chi connectivity index (χ2n) is 5.07. The minimum absolute atomic E-state index is 0.291. The zero-order valence-electron chi connectivity index (χ0n) is 12.9. The van der Waals surface area contributed by atoms with Crippen molar-refractivity contribution < 1.29 is 19.9 Å². The first-order valence-electron chi connectivity index (χ1n) is 7.55. The van der Waals surface area contributed by atoms with Crippen molar-refractivity contribution in [2.24, 2.45) is 0 Å². The molecule has 0 atom stereocenters. The number of hydrogen-bond donors (Lipinski definition) is 2. The molecule has 0 saturated carbocycles. The van der Waals surface area contributed by atoms with E-state index in [1.54, 1.807) is 6.08 Å². The molecule has 1 aliphatic heterocycles. The number of ketones is 1. The van der Waals surface area contributed by atoms with Crippen LogP contribution in [0.25, 0.3) is 0 Å².